The Balaban J connectivity index is 1.78. The van der Waals surface area contributed by atoms with Gasteiger partial charge in [-0.05, 0) is 30.7 Å². The van der Waals surface area contributed by atoms with Crippen molar-refractivity contribution in [3.63, 3.8) is 0 Å². The van der Waals surface area contributed by atoms with Crippen LogP contribution in [0.4, 0.5) is 13.2 Å². The zero-order valence-electron chi connectivity index (χ0n) is 14.2. The van der Waals surface area contributed by atoms with Crippen molar-refractivity contribution in [2.45, 2.75) is 11.3 Å². The van der Waals surface area contributed by atoms with Gasteiger partial charge < -0.3 is 4.90 Å². The average Bonchev–Trinajstić information content (AvgIpc) is 2.87. The maximum atomic E-state index is 13.8. The van der Waals surface area contributed by atoms with Crippen LogP contribution < -0.4 is 0 Å². The number of sulfonamides is 1. The lowest BCUT2D eigenvalue weighted by molar-refractivity contribution is 0.0759. The molecule has 0 bridgehead atoms. The Kier molecular flexibility index (Phi) is 5.52. The molecule has 1 heterocycles. The van der Waals surface area contributed by atoms with E-state index in [1.807, 2.05) is 0 Å². The van der Waals surface area contributed by atoms with Gasteiger partial charge in [-0.25, -0.2) is 21.6 Å². The summed E-state index contributed by atoms with van der Waals surface area (Å²) in [6.07, 6.45) is 0.317. The van der Waals surface area contributed by atoms with Crippen LogP contribution in [0.1, 0.15) is 16.8 Å². The predicted molar refractivity (Wildman–Crippen MR) is 92.0 cm³/mol. The monoisotopic (exact) mass is 398 g/mol. The summed E-state index contributed by atoms with van der Waals surface area (Å²) in [6, 6.07) is 7.67. The van der Waals surface area contributed by atoms with Crippen molar-refractivity contribution in [1.82, 2.24) is 9.21 Å². The van der Waals surface area contributed by atoms with Crippen LogP contribution in [0, 0.1) is 17.5 Å². The Morgan fingerprint density at radius 1 is 0.889 bits per heavy atom. The molecular formula is C18H17F3N2O3S. The van der Waals surface area contributed by atoms with Crippen LogP contribution in [-0.2, 0) is 10.0 Å². The Hall–Kier alpha value is -2.39. The minimum atomic E-state index is -4.11. The number of carbonyl (C=O) groups is 1. The van der Waals surface area contributed by atoms with Crippen molar-refractivity contribution >= 4 is 15.9 Å². The lowest BCUT2D eigenvalue weighted by atomic mass is 10.2. The van der Waals surface area contributed by atoms with E-state index >= 15 is 0 Å². The maximum absolute atomic E-state index is 13.8. The van der Waals surface area contributed by atoms with Gasteiger partial charge in [-0.2, -0.15) is 4.31 Å². The van der Waals surface area contributed by atoms with Crippen molar-refractivity contribution in [3.05, 3.63) is 65.5 Å². The SMILES string of the molecule is O=C(c1ccccc1F)N1CCCN(S(=O)(=O)c2cc(F)cc(F)c2)CC1. The van der Waals surface area contributed by atoms with Gasteiger partial charge in [-0.3, -0.25) is 4.79 Å². The van der Waals surface area contributed by atoms with Gasteiger partial charge in [-0.15, -0.1) is 0 Å². The molecule has 27 heavy (non-hydrogen) atoms. The highest BCUT2D eigenvalue weighted by Crippen LogP contribution is 2.21. The van der Waals surface area contributed by atoms with Gasteiger partial charge in [0.05, 0.1) is 10.5 Å². The summed E-state index contributed by atoms with van der Waals surface area (Å²) >= 11 is 0. The molecule has 0 saturated carbocycles. The Morgan fingerprint density at radius 2 is 1.56 bits per heavy atom. The molecule has 1 aliphatic heterocycles. The van der Waals surface area contributed by atoms with E-state index in [1.165, 1.54) is 23.1 Å². The summed E-state index contributed by atoms with van der Waals surface area (Å²) < 4.78 is 67.0. The van der Waals surface area contributed by atoms with Crippen LogP contribution in [0.2, 0.25) is 0 Å². The van der Waals surface area contributed by atoms with Gasteiger partial charge in [-0.1, -0.05) is 12.1 Å². The summed E-state index contributed by atoms with van der Waals surface area (Å²) in [5.41, 5.74) is -0.0824. The summed E-state index contributed by atoms with van der Waals surface area (Å²) in [5.74, 6) is -3.14. The molecule has 0 aliphatic carbocycles. The fourth-order valence-electron chi connectivity index (χ4n) is 2.97. The third-order valence-electron chi connectivity index (χ3n) is 4.32. The minimum Gasteiger partial charge on any atom is -0.337 e. The molecular weight excluding hydrogens is 381 g/mol. The molecule has 2 aromatic carbocycles. The van der Waals surface area contributed by atoms with E-state index in [0.717, 1.165) is 16.4 Å². The van der Waals surface area contributed by atoms with E-state index < -0.39 is 38.3 Å². The summed E-state index contributed by atoms with van der Waals surface area (Å²) in [4.78, 5) is 13.4. The molecule has 9 heteroatoms. The number of hydrogen-bond acceptors (Lipinski definition) is 3. The minimum absolute atomic E-state index is 0.0458. The molecule has 3 rings (SSSR count). The quantitative estimate of drug-likeness (QED) is 0.799. The number of rotatable bonds is 3. The maximum Gasteiger partial charge on any atom is 0.256 e. The largest absolute Gasteiger partial charge is 0.337 e. The molecule has 0 unspecified atom stereocenters. The molecule has 0 radical (unpaired) electrons. The first-order chi connectivity index (χ1) is 12.8. The molecule has 0 N–H and O–H groups in total. The van der Waals surface area contributed by atoms with Gasteiger partial charge in [0.15, 0.2) is 0 Å². The van der Waals surface area contributed by atoms with Crippen LogP contribution in [0.25, 0.3) is 0 Å². The zero-order valence-corrected chi connectivity index (χ0v) is 15.1. The van der Waals surface area contributed by atoms with Crippen LogP contribution in [0.5, 0.6) is 0 Å². The fraction of sp³-hybridized carbons (Fsp3) is 0.278. The Morgan fingerprint density at radius 3 is 2.22 bits per heavy atom. The molecule has 1 aliphatic rings. The number of nitrogens with zero attached hydrogens (tertiary/aromatic N) is 2. The molecule has 1 fully saturated rings. The molecule has 5 nitrogen and oxygen atoms in total. The van der Waals surface area contributed by atoms with E-state index in [2.05, 4.69) is 0 Å². The van der Waals surface area contributed by atoms with Gasteiger partial charge in [0.1, 0.15) is 17.5 Å². The number of amides is 1. The molecule has 0 spiro atoms. The van der Waals surface area contributed by atoms with E-state index in [1.54, 1.807) is 6.07 Å². The average molecular weight is 398 g/mol. The van der Waals surface area contributed by atoms with E-state index in [9.17, 15) is 26.4 Å². The van der Waals surface area contributed by atoms with Crippen molar-refractivity contribution in [1.29, 1.82) is 0 Å². The summed E-state index contributed by atoms with van der Waals surface area (Å²) in [7, 11) is -4.11. The lowest BCUT2D eigenvalue weighted by Crippen LogP contribution is -2.37. The smallest absolute Gasteiger partial charge is 0.256 e. The predicted octanol–water partition coefficient (Wildman–Crippen LogP) is 2.64. The van der Waals surface area contributed by atoms with E-state index in [4.69, 9.17) is 0 Å². The second-order valence-electron chi connectivity index (χ2n) is 6.13. The third-order valence-corrected chi connectivity index (χ3v) is 6.20. The Labute approximate surface area is 155 Å². The highest BCUT2D eigenvalue weighted by atomic mass is 32.2. The summed E-state index contributed by atoms with van der Waals surface area (Å²) in [6.45, 7) is 0.322. The van der Waals surface area contributed by atoms with Crippen LogP contribution in [0.3, 0.4) is 0 Å². The summed E-state index contributed by atoms with van der Waals surface area (Å²) in [5, 5.41) is 0. The first-order valence-corrected chi connectivity index (χ1v) is 9.73. The zero-order chi connectivity index (χ0) is 19.6. The van der Waals surface area contributed by atoms with Crippen molar-refractivity contribution < 1.29 is 26.4 Å². The van der Waals surface area contributed by atoms with Crippen LogP contribution in [0.15, 0.2) is 47.4 Å². The number of carbonyl (C=O) groups excluding carboxylic acids is 1. The van der Waals surface area contributed by atoms with Crippen molar-refractivity contribution in [2.24, 2.45) is 0 Å². The molecule has 2 aromatic rings. The van der Waals surface area contributed by atoms with E-state index in [-0.39, 0.29) is 31.7 Å². The van der Waals surface area contributed by atoms with Crippen molar-refractivity contribution in [3.8, 4) is 0 Å². The highest BCUT2D eigenvalue weighted by Gasteiger charge is 2.29. The van der Waals surface area contributed by atoms with Gasteiger partial charge in [0.2, 0.25) is 10.0 Å². The lowest BCUT2D eigenvalue weighted by Gasteiger charge is -2.22. The van der Waals surface area contributed by atoms with Gasteiger partial charge in [0, 0.05) is 32.2 Å². The van der Waals surface area contributed by atoms with Gasteiger partial charge in [0.25, 0.3) is 5.91 Å². The second kappa shape index (κ2) is 7.69. The number of halogens is 3. The standard InChI is InChI=1S/C18H17F3N2O3S/c19-13-10-14(20)12-15(11-13)27(25,26)23-7-3-6-22(8-9-23)18(24)16-4-1-2-5-17(16)21/h1-2,4-5,10-12H,3,6-9H2. The van der Waals surface area contributed by atoms with Crippen LogP contribution in [-0.4, -0.2) is 49.7 Å². The first kappa shape index (κ1) is 19.4. The second-order valence-corrected chi connectivity index (χ2v) is 8.07. The van der Waals surface area contributed by atoms with E-state index in [0.29, 0.717) is 12.5 Å². The molecule has 0 aromatic heterocycles. The van der Waals surface area contributed by atoms with Crippen molar-refractivity contribution in [2.75, 3.05) is 26.2 Å². The topological polar surface area (TPSA) is 57.7 Å². The van der Waals surface area contributed by atoms with Crippen LogP contribution >= 0.6 is 0 Å². The molecule has 1 saturated heterocycles. The van der Waals surface area contributed by atoms with Gasteiger partial charge >= 0.3 is 0 Å². The Bertz CT molecular complexity index is 946. The first-order valence-electron chi connectivity index (χ1n) is 8.29. The molecule has 144 valence electrons. The number of hydrogen-bond donors (Lipinski definition) is 0. The molecule has 0 atom stereocenters. The normalized spacial score (nSPS) is 16.2. The molecule has 1 amide bonds. The fourth-order valence-corrected chi connectivity index (χ4v) is 4.48. The number of benzene rings is 2. The third kappa shape index (κ3) is 4.14. The highest BCUT2D eigenvalue weighted by molar-refractivity contribution is 7.89.